The highest BCUT2D eigenvalue weighted by atomic mass is 16.5. The summed E-state index contributed by atoms with van der Waals surface area (Å²) in [4.78, 5) is 0. The topological polar surface area (TPSA) is 35.2 Å². The van der Waals surface area contributed by atoms with E-state index in [2.05, 4.69) is 25.1 Å². The Morgan fingerprint density at radius 3 is 2.93 bits per heavy atom. The molecule has 1 aromatic carbocycles. The van der Waals surface area contributed by atoms with E-state index < -0.39 is 0 Å². The van der Waals surface area contributed by atoms with E-state index in [1.165, 1.54) is 18.4 Å². The fraction of sp³-hybridized carbons (Fsp3) is 0.538. The number of hydrogen-bond acceptors (Lipinski definition) is 2. The Hall–Kier alpha value is -1.02. The standard InChI is InChI=1S/C13H19NO/c1-10(7-8-14)11-3-2-4-13(9-11)15-12-5-6-12/h2-4,9-10,12H,5-8,14H2,1H3. The summed E-state index contributed by atoms with van der Waals surface area (Å²) in [6, 6.07) is 8.41. The summed E-state index contributed by atoms with van der Waals surface area (Å²) in [5, 5.41) is 0. The summed E-state index contributed by atoms with van der Waals surface area (Å²) in [6.45, 7) is 2.96. The average molecular weight is 205 g/mol. The second kappa shape index (κ2) is 4.67. The van der Waals surface area contributed by atoms with Gasteiger partial charge in [-0.15, -0.1) is 0 Å². The van der Waals surface area contributed by atoms with Crippen LogP contribution in [0.25, 0.3) is 0 Å². The zero-order valence-electron chi connectivity index (χ0n) is 9.28. The molecule has 1 saturated carbocycles. The van der Waals surface area contributed by atoms with Crippen LogP contribution < -0.4 is 10.5 Å². The Morgan fingerprint density at radius 2 is 2.27 bits per heavy atom. The first-order valence-electron chi connectivity index (χ1n) is 5.76. The van der Waals surface area contributed by atoms with Gasteiger partial charge in [0.05, 0.1) is 6.10 Å². The van der Waals surface area contributed by atoms with Gasteiger partial charge in [-0.25, -0.2) is 0 Å². The van der Waals surface area contributed by atoms with Crippen LogP contribution in [0.2, 0.25) is 0 Å². The molecule has 1 aromatic rings. The predicted octanol–water partition coefficient (Wildman–Crippen LogP) is 2.68. The molecule has 15 heavy (non-hydrogen) atoms. The monoisotopic (exact) mass is 205 g/mol. The van der Waals surface area contributed by atoms with Gasteiger partial charge >= 0.3 is 0 Å². The zero-order valence-corrected chi connectivity index (χ0v) is 9.28. The van der Waals surface area contributed by atoms with Crippen LogP contribution in [0.5, 0.6) is 5.75 Å². The molecular formula is C13H19NO. The lowest BCUT2D eigenvalue weighted by Crippen LogP contribution is -2.05. The third-order valence-electron chi connectivity index (χ3n) is 2.85. The van der Waals surface area contributed by atoms with Gasteiger partial charge in [-0.1, -0.05) is 19.1 Å². The predicted molar refractivity (Wildman–Crippen MR) is 62.2 cm³/mol. The van der Waals surface area contributed by atoms with Gasteiger partial charge in [0.1, 0.15) is 5.75 Å². The number of nitrogens with two attached hydrogens (primary N) is 1. The highest BCUT2D eigenvalue weighted by Gasteiger charge is 2.23. The van der Waals surface area contributed by atoms with Gasteiger partial charge in [-0.05, 0) is 49.4 Å². The molecule has 0 saturated heterocycles. The minimum Gasteiger partial charge on any atom is -0.490 e. The van der Waals surface area contributed by atoms with Crippen LogP contribution in [0.15, 0.2) is 24.3 Å². The minimum atomic E-state index is 0.477. The number of benzene rings is 1. The van der Waals surface area contributed by atoms with Gasteiger partial charge in [0, 0.05) is 0 Å². The molecule has 0 radical (unpaired) electrons. The Kier molecular flexibility index (Phi) is 3.27. The van der Waals surface area contributed by atoms with Crippen molar-refractivity contribution in [3.05, 3.63) is 29.8 Å². The zero-order chi connectivity index (χ0) is 10.7. The van der Waals surface area contributed by atoms with E-state index in [0.717, 1.165) is 18.7 Å². The summed E-state index contributed by atoms with van der Waals surface area (Å²) in [5.74, 6) is 1.54. The maximum absolute atomic E-state index is 5.76. The molecule has 0 aromatic heterocycles. The number of ether oxygens (including phenoxy) is 1. The molecule has 82 valence electrons. The molecule has 1 aliphatic carbocycles. The van der Waals surface area contributed by atoms with Crippen molar-refractivity contribution in [2.45, 2.75) is 38.2 Å². The maximum atomic E-state index is 5.76. The van der Waals surface area contributed by atoms with Gasteiger partial charge in [0.2, 0.25) is 0 Å². The third-order valence-corrected chi connectivity index (χ3v) is 2.85. The van der Waals surface area contributed by atoms with Crippen LogP contribution in [0.1, 0.15) is 37.7 Å². The summed E-state index contributed by atoms with van der Waals surface area (Å²) in [5.41, 5.74) is 6.90. The average Bonchev–Trinajstić information content (AvgIpc) is 3.03. The Balaban J connectivity index is 2.03. The normalized spacial score (nSPS) is 17.5. The molecule has 2 rings (SSSR count). The van der Waals surface area contributed by atoms with E-state index in [-0.39, 0.29) is 0 Å². The van der Waals surface area contributed by atoms with E-state index in [1.54, 1.807) is 0 Å². The van der Waals surface area contributed by atoms with Crippen LogP contribution in [-0.4, -0.2) is 12.6 Å². The highest BCUT2D eigenvalue weighted by Crippen LogP contribution is 2.29. The van der Waals surface area contributed by atoms with Crippen molar-refractivity contribution >= 4 is 0 Å². The summed E-state index contributed by atoms with van der Waals surface area (Å²) >= 11 is 0. The Bertz CT molecular complexity index is 320. The first-order chi connectivity index (χ1) is 7.29. The van der Waals surface area contributed by atoms with Crippen LogP contribution >= 0.6 is 0 Å². The lowest BCUT2D eigenvalue weighted by atomic mass is 9.98. The van der Waals surface area contributed by atoms with Crippen molar-refractivity contribution in [2.24, 2.45) is 5.73 Å². The molecule has 2 nitrogen and oxygen atoms in total. The molecule has 2 N–H and O–H groups in total. The van der Waals surface area contributed by atoms with E-state index in [0.29, 0.717) is 12.0 Å². The summed E-state index contributed by atoms with van der Waals surface area (Å²) in [7, 11) is 0. The van der Waals surface area contributed by atoms with Gasteiger partial charge in [-0.2, -0.15) is 0 Å². The van der Waals surface area contributed by atoms with Crippen molar-refractivity contribution < 1.29 is 4.74 Å². The summed E-state index contributed by atoms with van der Waals surface area (Å²) in [6.07, 6.45) is 3.93. The van der Waals surface area contributed by atoms with Gasteiger partial charge in [-0.3, -0.25) is 0 Å². The number of rotatable bonds is 5. The largest absolute Gasteiger partial charge is 0.490 e. The number of hydrogen-bond donors (Lipinski definition) is 1. The van der Waals surface area contributed by atoms with Gasteiger partial charge < -0.3 is 10.5 Å². The van der Waals surface area contributed by atoms with Crippen molar-refractivity contribution in [3.8, 4) is 5.75 Å². The highest BCUT2D eigenvalue weighted by molar-refractivity contribution is 5.31. The van der Waals surface area contributed by atoms with Crippen LogP contribution in [0.4, 0.5) is 0 Å². The quantitative estimate of drug-likeness (QED) is 0.802. The molecule has 0 aliphatic heterocycles. The lowest BCUT2D eigenvalue weighted by molar-refractivity contribution is 0.302. The minimum absolute atomic E-state index is 0.477. The fourth-order valence-electron chi connectivity index (χ4n) is 1.69. The van der Waals surface area contributed by atoms with Crippen LogP contribution in [0, 0.1) is 0 Å². The Labute approximate surface area is 91.4 Å². The van der Waals surface area contributed by atoms with Gasteiger partial charge in [0.25, 0.3) is 0 Å². The molecule has 1 fully saturated rings. The fourth-order valence-corrected chi connectivity index (χ4v) is 1.69. The van der Waals surface area contributed by atoms with Crippen molar-refractivity contribution in [2.75, 3.05) is 6.54 Å². The van der Waals surface area contributed by atoms with Crippen molar-refractivity contribution in [1.82, 2.24) is 0 Å². The molecular weight excluding hydrogens is 186 g/mol. The molecule has 0 spiro atoms. The first-order valence-corrected chi connectivity index (χ1v) is 5.76. The Morgan fingerprint density at radius 1 is 1.47 bits per heavy atom. The van der Waals surface area contributed by atoms with Crippen molar-refractivity contribution in [3.63, 3.8) is 0 Å². The lowest BCUT2D eigenvalue weighted by Gasteiger charge is -2.12. The molecule has 2 heteroatoms. The molecule has 0 amide bonds. The third kappa shape index (κ3) is 2.96. The van der Waals surface area contributed by atoms with Crippen LogP contribution in [-0.2, 0) is 0 Å². The molecule has 1 unspecified atom stereocenters. The molecule has 0 bridgehead atoms. The second-order valence-electron chi connectivity index (χ2n) is 4.37. The molecule has 1 aliphatic rings. The van der Waals surface area contributed by atoms with Crippen LogP contribution in [0.3, 0.4) is 0 Å². The second-order valence-corrected chi connectivity index (χ2v) is 4.37. The van der Waals surface area contributed by atoms with E-state index >= 15 is 0 Å². The first kappa shape index (κ1) is 10.5. The van der Waals surface area contributed by atoms with Gasteiger partial charge in [0.15, 0.2) is 0 Å². The molecule has 0 heterocycles. The van der Waals surface area contributed by atoms with Crippen molar-refractivity contribution in [1.29, 1.82) is 0 Å². The van der Waals surface area contributed by atoms with E-state index in [9.17, 15) is 0 Å². The molecule has 1 atom stereocenters. The SMILES string of the molecule is CC(CCN)c1cccc(OC2CC2)c1. The smallest absolute Gasteiger partial charge is 0.119 e. The van der Waals surface area contributed by atoms with E-state index in [4.69, 9.17) is 10.5 Å². The maximum Gasteiger partial charge on any atom is 0.119 e. The summed E-state index contributed by atoms with van der Waals surface area (Å²) < 4.78 is 5.76. The van der Waals surface area contributed by atoms with E-state index in [1.807, 2.05) is 6.07 Å².